The first-order chi connectivity index (χ1) is 9.70. The van der Waals surface area contributed by atoms with Crippen LogP contribution in [0.25, 0.3) is 26.4 Å². The second-order valence-corrected chi connectivity index (χ2v) is 5.59. The predicted octanol–water partition coefficient (Wildman–Crippen LogP) is 2.80. The lowest BCUT2D eigenvalue weighted by atomic mass is 10.2. The first-order valence-corrected chi connectivity index (χ1v) is 6.92. The second-order valence-electron chi connectivity index (χ2n) is 4.58. The maximum Gasteiger partial charge on any atom is 0.195 e. The van der Waals surface area contributed by atoms with Crippen molar-refractivity contribution in [3.63, 3.8) is 0 Å². The van der Waals surface area contributed by atoms with Crippen LogP contribution in [0.5, 0.6) is 11.5 Å². The molecule has 2 aromatic heterocycles. The Kier molecular flexibility index (Phi) is 3.04. The van der Waals surface area contributed by atoms with Gasteiger partial charge in [-0.05, 0) is 42.5 Å². The van der Waals surface area contributed by atoms with Crippen LogP contribution in [0.1, 0.15) is 0 Å². The first-order valence-electron chi connectivity index (χ1n) is 6.11. The van der Waals surface area contributed by atoms with E-state index in [1.165, 1.54) is 11.3 Å². The van der Waals surface area contributed by atoms with Crippen molar-refractivity contribution in [1.29, 1.82) is 0 Å². The van der Waals surface area contributed by atoms with Crippen LogP contribution < -0.4 is 0 Å². The number of phenolic OH excluding ortho intramolecular Hbond substituents is 2. The Morgan fingerprint density at radius 3 is 2.43 bits per heavy atom. The van der Waals surface area contributed by atoms with E-state index in [0.29, 0.717) is 0 Å². The highest BCUT2D eigenvalue weighted by Gasteiger charge is 2.10. The van der Waals surface area contributed by atoms with Gasteiger partial charge in [-0.1, -0.05) is 11.3 Å². The van der Waals surface area contributed by atoms with Gasteiger partial charge in [0.2, 0.25) is 0 Å². The zero-order chi connectivity index (χ0) is 13.7. The fourth-order valence-corrected chi connectivity index (χ4v) is 3.30. The van der Waals surface area contributed by atoms with Gasteiger partial charge in [0, 0.05) is 11.8 Å². The van der Waals surface area contributed by atoms with Gasteiger partial charge >= 0.3 is 0 Å². The van der Waals surface area contributed by atoms with Crippen LogP contribution in [0.2, 0.25) is 0 Å². The summed E-state index contributed by atoms with van der Waals surface area (Å²) in [7, 11) is 0. The highest BCUT2D eigenvalue weighted by Crippen LogP contribution is 2.31. The quantitative estimate of drug-likeness (QED) is 0.566. The van der Waals surface area contributed by atoms with Crippen LogP contribution in [0.15, 0.2) is 48.7 Å². The Morgan fingerprint density at radius 1 is 0.952 bits per heavy atom. The number of rotatable bonds is 1. The summed E-state index contributed by atoms with van der Waals surface area (Å²) in [6.07, 6.45) is 1.97. The summed E-state index contributed by atoms with van der Waals surface area (Å²) in [4.78, 5) is 5.48. The third-order valence-electron chi connectivity index (χ3n) is 3.24. The number of benzene rings is 2. The molecule has 0 aliphatic carbocycles. The number of hydrogen-bond acceptors (Lipinski definition) is 4. The number of aromatic nitrogens is 2. The molecule has 4 aromatic rings. The van der Waals surface area contributed by atoms with E-state index in [0.717, 1.165) is 26.4 Å². The van der Waals surface area contributed by atoms with E-state index in [2.05, 4.69) is 4.98 Å². The molecule has 0 unspecified atom stereocenters. The summed E-state index contributed by atoms with van der Waals surface area (Å²) in [5.41, 5.74) is 2.86. The smallest absolute Gasteiger partial charge is 0.195 e. The molecule has 2 heterocycles. The topological polar surface area (TPSA) is 89.3 Å². The average Bonchev–Trinajstić information content (AvgIpc) is 2.96. The molecule has 0 aliphatic rings. The molecule has 0 aliphatic heterocycles. The van der Waals surface area contributed by atoms with Gasteiger partial charge in [0.1, 0.15) is 11.5 Å². The molecule has 6 heteroatoms. The number of aromatic hydroxyl groups is 2. The number of hydrogen-bond donors (Lipinski definition) is 2. The maximum absolute atomic E-state index is 9.50. The fourth-order valence-electron chi connectivity index (χ4n) is 2.26. The molecule has 0 spiro atoms. The number of fused-ring (bicyclic) bond motifs is 3. The summed E-state index contributed by atoms with van der Waals surface area (Å²) in [6, 6.07) is 12.3. The maximum atomic E-state index is 9.50. The SMILES string of the molecule is O.Oc1ccc(-c2cn3c(n2)sc2cc(O)ccc23)cc1. The molecule has 106 valence electrons. The van der Waals surface area contributed by atoms with Gasteiger partial charge in [-0.3, -0.25) is 4.40 Å². The van der Waals surface area contributed by atoms with Crippen LogP contribution >= 0.6 is 11.3 Å². The molecule has 0 saturated carbocycles. The molecule has 0 fully saturated rings. The monoisotopic (exact) mass is 300 g/mol. The molecule has 5 nitrogen and oxygen atoms in total. The van der Waals surface area contributed by atoms with Crippen LogP contribution in [0.4, 0.5) is 0 Å². The van der Waals surface area contributed by atoms with Gasteiger partial charge in [0.25, 0.3) is 0 Å². The molecule has 0 saturated heterocycles. The van der Waals surface area contributed by atoms with Gasteiger partial charge in [-0.15, -0.1) is 0 Å². The highest BCUT2D eigenvalue weighted by atomic mass is 32.1. The second kappa shape index (κ2) is 4.76. The number of phenols is 2. The van der Waals surface area contributed by atoms with Crippen molar-refractivity contribution in [2.75, 3.05) is 0 Å². The Morgan fingerprint density at radius 2 is 1.67 bits per heavy atom. The lowest BCUT2D eigenvalue weighted by Crippen LogP contribution is -1.77. The minimum atomic E-state index is 0. The third kappa shape index (κ3) is 2.10. The summed E-state index contributed by atoms with van der Waals surface area (Å²) in [5, 5.41) is 18.8. The van der Waals surface area contributed by atoms with E-state index in [1.54, 1.807) is 24.3 Å². The Labute approximate surface area is 123 Å². The molecular weight excluding hydrogens is 288 g/mol. The standard InChI is InChI=1S/C15H10N2O2S.H2O/c18-10-3-1-9(2-4-10)12-8-17-13-6-5-11(19)7-14(13)20-15(17)16-12;/h1-8,18-19H;1H2. The largest absolute Gasteiger partial charge is 0.508 e. The molecule has 2 aromatic carbocycles. The molecular formula is C15H12N2O3S. The van der Waals surface area contributed by atoms with Crippen molar-refractivity contribution >= 4 is 26.5 Å². The molecule has 4 N–H and O–H groups in total. The molecule has 0 radical (unpaired) electrons. The van der Waals surface area contributed by atoms with Gasteiger partial charge in [-0.2, -0.15) is 0 Å². The van der Waals surface area contributed by atoms with E-state index in [-0.39, 0.29) is 17.0 Å². The minimum Gasteiger partial charge on any atom is -0.508 e. The van der Waals surface area contributed by atoms with Crippen LogP contribution in [-0.2, 0) is 0 Å². The minimum absolute atomic E-state index is 0. The van der Waals surface area contributed by atoms with Crippen LogP contribution in [0, 0.1) is 0 Å². The van der Waals surface area contributed by atoms with E-state index in [9.17, 15) is 10.2 Å². The average molecular weight is 300 g/mol. The van der Waals surface area contributed by atoms with E-state index in [4.69, 9.17) is 0 Å². The van der Waals surface area contributed by atoms with E-state index < -0.39 is 0 Å². The third-order valence-corrected chi connectivity index (χ3v) is 4.26. The van der Waals surface area contributed by atoms with Gasteiger partial charge in [-0.25, -0.2) is 4.98 Å². The van der Waals surface area contributed by atoms with Crippen molar-refractivity contribution < 1.29 is 15.7 Å². The zero-order valence-corrected chi connectivity index (χ0v) is 11.6. The normalized spacial score (nSPS) is 10.9. The Balaban J connectivity index is 0.00000132. The molecule has 0 amide bonds. The van der Waals surface area contributed by atoms with Crippen molar-refractivity contribution in [3.8, 4) is 22.8 Å². The molecule has 0 bridgehead atoms. The fraction of sp³-hybridized carbons (Fsp3) is 0. The highest BCUT2D eigenvalue weighted by molar-refractivity contribution is 7.23. The Hall–Kier alpha value is -2.57. The van der Waals surface area contributed by atoms with E-state index in [1.807, 2.05) is 28.8 Å². The van der Waals surface area contributed by atoms with Crippen molar-refractivity contribution in [3.05, 3.63) is 48.7 Å². The number of thiazole rings is 1. The molecule has 21 heavy (non-hydrogen) atoms. The summed E-state index contributed by atoms with van der Waals surface area (Å²) in [6.45, 7) is 0. The number of nitrogens with zero attached hydrogens (tertiary/aromatic N) is 2. The Bertz CT molecular complexity index is 925. The van der Waals surface area contributed by atoms with Crippen LogP contribution in [0.3, 0.4) is 0 Å². The summed E-state index contributed by atoms with van der Waals surface area (Å²) >= 11 is 1.54. The lowest BCUT2D eigenvalue weighted by molar-refractivity contribution is 0.475. The van der Waals surface area contributed by atoms with Crippen LogP contribution in [-0.4, -0.2) is 25.1 Å². The summed E-state index contributed by atoms with van der Waals surface area (Å²) < 4.78 is 3.02. The van der Waals surface area contributed by atoms with Crippen molar-refractivity contribution in [1.82, 2.24) is 9.38 Å². The van der Waals surface area contributed by atoms with E-state index >= 15 is 0 Å². The predicted molar refractivity (Wildman–Crippen MR) is 83.0 cm³/mol. The van der Waals surface area contributed by atoms with Gasteiger partial charge < -0.3 is 15.7 Å². The van der Waals surface area contributed by atoms with Crippen molar-refractivity contribution in [2.24, 2.45) is 0 Å². The first kappa shape index (κ1) is 13.4. The molecule has 0 atom stereocenters. The number of imidazole rings is 1. The lowest BCUT2D eigenvalue weighted by Gasteiger charge is -1.96. The molecule has 4 rings (SSSR count). The summed E-state index contributed by atoms with van der Waals surface area (Å²) in [5.74, 6) is 0.511. The van der Waals surface area contributed by atoms with Gasteiger partial charge in [0.05, 0.1) is 15.9 Å². The van der Waals surface area contributed by atoms with Crippen molar-refractivity contribution in [2.45, 2.75) is 0 Å². The zero-order valence-electron chi connectivity index (χ0n) is 10.8. The van der Waals surface area contributed by atoms with Gasteiger partial charge in [0.15, 0.2) is 4.96 Å².